The summed E-state index contributed by atoms with van der Waals surface area (Å²) in [6.45, 7) is 7.45. The molecule has 0 heterocycles. The van der Waals surface area contributed by atoms with E-state index >= 15 is 0 Å². The van der Waals surface area contributed by atoms with E-state index in [1.54, 1.807) is 14.2 Å². The van der Waals surface area contributed by atoms with Crippen LogP contribution >= 0.6 is 0 Å². The van der Waals surface area contributed by atoms with Gasteiger partial charge in [0, 0.05) is 18.7 Å². The van der Waals surface area contributed by atoms with Crippen LogP contribution in [0, 0.1) is 5.92 Å². The van der Waals surface area contributed by atoms with Crippen LogP contribution < -0.4 is 14.8 Å². The lowest BCUT2D eigenvalue weighted by Gasteiger charge is -2.18. The fraction of sp³-hybridized carbons (Fsp3) is 0.571. The second kappa shape index (κ2) is 6.50. The van der Waals surface area contributed by atoms with Crippen LogP contribution in [0.1, 0.15) is 26.3 Å². The number of hydrogen-bond acceptors (Lipinski definition) is 3. The minimum atomic E-state index is 0.493. The average molecular weight is 237 g/mol. The van der Waals surface area contributed by atoms with Gasteiger partial charge in [-0.2, -0.15) is 0 Å². The summed E-state index contributed by atoms with van der Waals surface area (Å²) >= 11 is 0. The SMILES string of the molecule is COc1cc(CNC(C)C(C)C)cc(OC)c1. The van der Waals surface area contributed by atoms with E-state index in [4.69, 9.17) is 9.47 Å². The molecule has 17 heavy (non-hydrogen) atoms. The third kappa shape index (κ3) is 4.27. The van der Waals surface area contributed by atoms with E-state index in [2.05, 4.69) is 26.1 Å². The molecule has 0 aromatic heterocycles. The average Bonchev–Trinajstić information content (AvgIpc) is 2.35. The zero-order valence-electron chi connectivity index (χ0n) is 11.4. The monoisotopic (exact) mass is 237 g/mol. The maximum atomic E-state index is 5.24. The standard InChI is InChI=1S/C14H23NO2/c1-10(2)11(3)15-9-12-6-13(16-4)8-14(7-12)17-5/h6-8,10-11,15H,9H2,1-5H3. The largest absolute Gasteiger partial charge is 0.497 e. The normalized spacial score (nSPS) is 12.6. The molecule has 1 atom stereocenters. The van der Waals surface area contributed by atoms with Gasteiger partial charge in [-0.15, -0.1) is 0 Å². The highest BCUT2D eigenvalue weighted by Gasteiger charge is 2.07. The van der Waals surface area contributed by atoms with Crippen LogP contribution in [0.3, 0.4) is 0 Å². The van der Waals surface area contributed by atoms with Gasteiger partial charge in [0.15, 0.2) is 0 Å². The lowest BCUT2D eigenvalue weighted by Crippen LogP contribution is -2.30. The Bertz CT molecular complexity index is 328. The van der Waals surface area contributed by atoms with Crippen molar-refractivity contribution in [1.82, 2.24) is 5.32 Å². The maximum absolute atomic E-state index is 5.24. The molecule has 96 valence electrons. The Morgan fingerprint density at radius 3 is 1.94 bits per heavy atom. The fourth-order valence-electron chi connectivity index (χ4n) is 1.48. The summed E-state index contributed by atoms with van der Waals surface area (Å²) < 4.78 is 10.5. The van der Waals surface area contributed by atoms with E-state index in [-0.39, 0.29) is 0 Å². The lowest BCUT2D eigenvalue weighted by atomic mass is 10.1. The third-order valence-electron chi connectivity index (χ3n) is 3.04. The van der Waals surface area contributed by atoms with Crippen molar-refractivity contribution < 1.29 is 9.47 Å². The molecular weight excluding hydrogens is 214 g/mol. The van der Waals surface area contributed by atoms with E-state index < -0.39 is 0 Å². The summed E-state index contributed by atoms with van der Waals surface area (Å²) in [5.41, 5.74) is 1.17. The highest BCUT2D eigenvalue weighted by atomic mass is 16.5. The van der Waals surface area contributed by atoms with Crippen LogP contribution in [0.15, 0.2) is 18.2 Å². The van der Waals surface area contributed by atoms with Crippen molar-refractivity contribution in [2.45, 2.75) is 33.4 Å². The van der Waals surface area contributed by atoms with Gasteiger partial charge in [-0.05, 0) is 30.5 Å². The van der Waals surface area contributed by atoms with Gasteiger partial charge >= 0.3 is 0 Å². The van der Waals surface area contributed by atoms with E-state index in [1.807, 2.05) is 18.2 Å². The molecule has 0 fully saturated rings. The molecule has 0 radical (unpaired) electrons. The number of ether oxygens (including phenoxy) is 2. The molecule has 0 saturated heterocycles. The highest BCUT2D eigenvalue weighted by molar-refractivity contribution is 5.38. The molecule has 3 nitrogen and oxygen atoms in total. The van der Waals surface area contributed by atoms with Crippen LogP contribution in [-0.4, -0.2) is 20.3 Å². The number of nitrogens with one attached hydrogen (secondary N) is 1. The zero-order chi connectivity index (χ0) is 12.8. The molecule has 0 aliphatic rings. The lowest BCUT2D eigenvalue weighted by molar-refractivity contribution is 0.391. The molecule has 0 amide bonds. The van der Waals surface area contributed by atoms with Crippen LogP contribution in [0.5, 0.6) is 11.5 Å². The quantitative estimate of drug-likeness (QED) is 0.825. The third-order valence-corrected chi connectivity index (χ3v) is 3.04. The van der Waals surface area contributed by atoms with Gasteiger partial charge in [-0.3, -0.25) is 0 Å². The summed E-state index contributed by atoms with van der Waals surface area (Å²) in [5.74, 6) is 2.29. The molecule has 1 N–H and O–H groups in total. The first-order valence-corrected chi connectivity index (χ1v) is 6.02. The van der Waals surface area contributed by atoms with Gasteiger partial charge in [0.25, 0.3) is 0 Å². The first kappa shape index (κ1) is 13.8. The molecule has 3 heteroatoms. The zero-order valence-corrected chi connectivity index (χ0v) is 11.4. The number of methoxy groups -OCH3 is 2. The first-order valence-electron chi connectivity index (χ1n) is 6.02. The van der Waals surface area contributed by atoms with E-state index in [0.29, 0.717) is 12.0 Å². The first-order chi connectivity index (χ1) is 8.06. The van der Waals surface area contributed by atoms with Crippen molar-refractivity contribution in [2.75, 3.05) is 14.2 Å². The molecule has 0 aliphatic carbocycles. The van der Waals surface area contributed by atoms with Crippen LogP contribution in [-0.2, 0) is 6.54 Å². The van der Waals surface area contributed by atoms with Gasteiger partial charge in [-0.25, -0.2) is 0 Å². The second-order valence-corrected chi connectivity index (χ2v) is 4.63. The minimum Gasteiger partial charge on any atom is -0.497 e. The Labute approximate surface area is 104 Å². The number of benzene rings is 1. The Hall–Kier alpha value is -1.22. The van der Waals surface area contributed by atoms with Gasteiger partial charge < -0.3 is 14.8 Å². The topological polar surface area (TPSA) is 30.5 Å². The van der Waals surface area contributed by atoms with Crippen LogP contribution in [0.25, 0.3) is 0 Å². The van der Waals surface area contributed by atoms with Crippen molar-refractivity contribution in [3.63, 3.8) is 0 Å². The van der Waals surface area contributed by atoms with E-state index in [0.717, 1.165) is 18.0 Å². The number of hydrogen-bond donors (Lipinski definition) is 1. The van der Waals surface area contributed by atoms with Crippen molar-refractivity contribution in [3.05, 3.63) is 23.8 Å². The molecule has 0 spiro atoms. The van der Waals surface area contributed by atoms with Crippen molar-refractivity contribution in [3.8, 4) is 11.5 Å². The second-order valence-electron chi connectivity index (χ2n) is 4.63. The Morgan fingerprint density at radius 1 is 1.00 bits per heavy atom. The molecule has 1 aromatic rings. The molecule has 1 rings (SSSR count). The predicted octanol–water partition coefficient (Wildman–Crippen LogP) is 2.84. The van der Waals surface area contributed by atoms with Gasteiger partial charge in [-0.1, -0.05) is 13.8 Å². The van der Waals surface area contributed by atoms with E-state index in [1.165, 1.54) is 5.56 Å². The Kier molecular flexibility index (Phi) is 5.29. The molecular formula is C14H23NO2. The minimum absolute atomic E-state index is 0.493. The summed E-state index contributed by atoms with van der Waals surface area (Å²) in [4.78, 5) is 0. The molecule has 1 aromatic carbocycles. The van der Waals surface area contributed by atoms with Crippen LogP contribution in [0.2, 0.25) is 0 Å². The molecule has 1 unspecified atom stereocenters. The Morgan fingerprint density at radius 2 is 1.53 bits per heavy atom. The van der Waals surface area contributed by atoms with Gasteiger partial charge in [0.05, 0.1) is 14.2 Å². The number of rotatable bonds is 6. The molecule has 0 aliphatic heterocycles. The highest BCUT2D eigenvalue weighted by Crippen LogP contribution is 2.22. The van der Waals surface area contributed by atoms with Gasteiger partial charge in [0.1, 0.15) is 11.5 Å². The van der Waals surface area contributed by atoms with Crippen molar-refractivity contribution in [2.24, 2.45) is 5.92 Å². The summed E-state index contributed by atoms with van der Waals surface area (Å²) in [6.07, 6.45) is 0. The smallest absolute Gasteiger partial charge is 0.122 e. The van der Waals surface area contributed by atoms with Crippen molar-refractivity contribution >= 4 is 0 Å². The molecule has 0 bridgehead atoms. The summed E-state index contributed by atoms with van der Waals surface area (Å²) in [5, 5.41) is 3.49. The van der Waals surface area contributed by atoms with Crippen LogP contribution in [0.4, 0.5) is 0 Å². The predicted molar refractivity (Wildman–Crippen MR) is 70.7 cm³/mol. The van der Waals surface area contributed by atoms with E-state index in [9.17, 15) is 0 Å². The Balaban J connectivity index is 2.70. The maximum Gasteiger partial charge on any atom is 0.122 e. The molecule has 0 saturated carbocycles. The summed E-state index contributed by atoms with van der Waals surface area (Å²) in [7, 11) is 3.34. The van der Waals surface area contributed by atoms with Gasteiger partial charge in [0.2, 0.25) is 0 Å². The summed E-state index contributed by atoms with van der Waals surface area (Å²) in [6, 6.07) is 6.44. The fourth-order valence-corrected chi connectivity index (χ4v) is 1.48. The van der Waals surface area contributed by atoms with Crippen molar-refractivity contribution in [1.29, 1.82) is 0 Å².